The van der Waals surface area contributed by atoms with E-state index >= 15 is 0 Å². The number of nitrogens with one attached hydrogen (secondary N) is 1. The van der Waals surface area contributed by atoms with Crippen molar-refractivity contribution in [2.75, 3.05) is 12.8 Å². The summed E-state index contributed by atoms with van der Waals surface area (Å²) < 4.78 is 5.21. The predicted molar refractivity (Wildman–Crippen MR) is 113 cm³/mol. The van der Waals surface area contributed by atoms with Crippen LogP contribution in [0.3, 0.4) is 0 Å². The quantitative estimate of drug-likeness (QED) is 0.685. The van der Waals surface area contributed by atoms with Gasteiger partial charge in [-0.1, -0.05) is 19.3 Å². The molecule has 4 rings (SSSR count). The van der Waals surface area contributed by atoms with E-state index in [0.717, 1.165) is 40.1 Å². The van der Waals surface area contributed by atoms with Crippen LogP contribution in [0.4, 0.5) is 5.69 Å². The molecule has 1 aromatic carbocycles. The van der Waals surface area contributed by atoms with Crippen LogP contribution in [0.2, 0.25) is 0 Å². The van der Waals surface area contributed by atoms with Gasteiger partial charge in [0.05, 0.1) is 23.9 Å². The Morgan fingerprint density at radius 3 is 2.57 bits per heavy atom. The maximum atomic E-state index is 12.8. The van der Waals surface area contributed by atoms with Gasteiger partial charge in [0.25, 0.3) is 5.91 Å². The molecule has 2 aromatic heterocycles. The van der Waals surface area contributed by atoms with E-state index in [9.17, 15) is 4.79 Å². The number of nitrogens with zero attached hydrogens (tertiary/aromatic N) is 2. The number of methoxy groups -OCH3 is 1. The molecule has 0 saturated heterocycles. The highest BCUT2D eigenvalue weighted by molar-refractivity contribution is 7.21. The number of aromatic nitrogens is 2. The van der Waals surface area contributed by atoms with Gasteiger partial charge in [0.1, 0.15) is 15.5 Å². The Morgan fingerprint density at radius 2 is 1.89 bits per heavy atom. The van der Waals surface area contributed by atoms with E-state index in [1.165, 1.54) is 30.6 Å². The van der Waals surface area contributed by atoms with E-state index in [1.807, 2.05) is 31.2 Å². The number of hydrogen-bond donors (Lipinski definition) is 2. The van der Waals surface area contributed by atoms with Crippen molar-refractivity contribution in [3.63, 3.8) is 0 Å². The second-order valence-corrected chi connectivity index (χ2v) is 8.19. The zero-order valence-electron chi connectivity index (χ0n) is 16.1. The lowest BCUT2D eigenvalue weighted by Gasteiger charge is -2.22. The Labute approximate surface area is 168 Å². The van der Waals surface area contributed by atoms with Crippen LogP contribution in [0.25, 0.3) is 21.6 Å². The summed E-state index contributed by atoms with van der Waals surface area (Å²) in [6, 6.07) is 7.85. The lowest BCUT2D eigenvalue weighted by molar-refractivity contribution is 0.0932. The average Bonchev–Trinajstić information content (AvgIpc) is 3.06. The number of nitrogen functional groups attached to an aromatic ring is 1. The van der Waals surface area contributed by atoms with Gasteiger partial charge < -0.3 is 15.8 Å². The third kappa shape index (κ3) is 3.54. The monoisotopic (exact) mass is 396 g/mol. The van der Waals surface area contributed by atoms with Crippen LogP contribution in [0.15, 0.2) is 24.3 Å². The summed E-state index contributed by atoms with van der Waals surface area (Å²) in [7, 11) is 1.63. The lowest BCUT2D eigenvalue weighted by atomic mass is 9.95. The molecule has 3 aromatic rings. The van der Waals surface area contributed by atoms with Crippen molar-refractivity contribution in [2.45, 2.75) is 45.1 Å². The predicted octanol–water partition coefficient (Wildman–Crippen LogP) is 4.32. The van der Waals surface area contributed by atoms with Crippen LogP contribution in [-0.4, -0.2) is 29.0 Å². The van der Waals surface area contributed by atoms with Gasteiger partial charge in [0.15, 0.2) is 5.82 Å². The summed E-state index contributed by atoms with van der Waals surface area (Å²) in [6.07, 6.45) is 5.67. The van der Waals surface area contributed by atoms with Crippen LogP contribution in [0.1, 0.15) is 47.5 Å². The van der Waals surface area contributed by atoms with Gasteiger partial charge in [-0.25, -0.2) is 9.97 Å². The fourth-order valence-corrected chi connectivity index (χ4v) is 4.78. The van der Waals surface area contributed by atoms with Crippen molar-refractivity contribution in [1.82, 2.24) is 15.3 Å². The Balaban J connectivity index is 1.67. The Bertz CT molecular complexity index is 1010. The van der Waals surface area contributed by atoms with Crippen LogP contribution >= 0.6 is 11.3 Å². The first kappa shape index (κ1) is 18.7. The molecule has 1 saturated carbocycles. The fraction of sp³-hybridized carbons (Fsp3) is 0.381. The van der Waals surface area contributed by atoms with Gasteiger partial charge in [0, 0.05) is 11.6 Å². The zero-order valence-corrected chi connectivity index (χ0v) is 16.9. The molecule has 146 valence electrons. The zero-order chi connectivity index (χ0) is 19.7. The molecule has 1 fully saturated rings. The van der Waals surface area contributed by atoms with Crippen LogP contribution in [0.5, 0.6) is 5.75 Å². The number of nitrogens with two attached hydrogens (primary N) is 1. The molecule has 2 heterocycles. The van der Waals surface area contributed by atoms with Crippen LogP contribution in [-0.2, 0) is 0 Å². The van der Waals surface area contributed by atoms with Crippen molar-refractivity contribution >= 4 is 33.1 Å². The first-order chi connectivity index (χ1) is 13.6. The van der Waals surface area contributed by atoms with Crippen LogP contribution < -0.4 is 15.8 Å². The number of amides is 1. The fourth-order valence-electron chi connectivity index (χ4n) is 3.73. The second-order valence-electron chi connectivity index (χ2n) is 7.19. The number of benzene rings is 1. The molecule has 0 spiro atoms. The minimum absolute atomic E-state index is 0.0993. The van der Waals surface area contributed by atoms with Gasteiger partial charge in [-0.3, -0.25) is 4.79 Å². The average molecular weight is 397 g/mol. The highest BCUT2D eigenvalue weighted by Crippen LogP contribution is 2.35. The molecule has 0 unspecified atom stereocenters. The minimum atomic E-state index is -0.0993. The van der Waals surface area contributed by atoms with Gasteiger partial charge >= 0.3 is 0 Å². The maximum absolute atomic E-state index is 12.8. The van der Waals surface area contributed by atoms with E-state index in [-0.39, 0.29) is 11.9 Å². The van der Waals surface area contributed by atoms with E-state index < -0.39 is 0 Å². The standard InChI is InChI=1S/C21H24N4O2S/c1-12-16-17(22)18(20(26)24-14-6-4-3-5-7-14)28-21(16)25-19(23-12)13-8-10-15(27-2)11-9-13/h8-11,14H,3-7,22H2,1-2H3,(H,24,26). The molecule has 1 aliphatic carbocycles. The molecule has 0 radical (unpaired) electrons. The summed E-state index contributed by atoms with van der Waals surface area (Å²) >= 11 is 1.34. The number of thiophene rings is 1. The van der Waals surface area contributed by atoms with E-state index in [2.05, 4.69) is 15.3 Å². The van der Waals surface area contributed by atoms with Gasteiger partial charge in [-0.15, -0.1) is 11.3 Å². The number of carbonyl (C=O) groups excluding carboxylic acids is 1. The van der Waals surface area contributed by atoms with Crippen molar-refractivity contribution in [3.05, 3.63) is 34.8 Å². The number of hydrogen-bond acceptors (Lipinski definition) is 6. The summed E-state index contributed by atoms with van der Waals surface area (Å²) in [5.41, 5.74) is 8.48. The molecule has 0 bridgehead atoms. The smallest absolute Gasteiger partial charge is 0.263 e. The third-order valence-electron chi connectivity index (χ3n) is 5.26. The van der Waals surface area contributed by atoms with E-state index in [1.54, 1.807) is 7.11 Å². The van der Waals surface area contributed by atoms with Gasteiger partial charge in [-0.05, 0) is 44.0 Å². The van der Waals surface area contributed by atoms with E-state index in [4.69, 9.17) is 10.5 Å². The van der Waals surface area contributed by atoms with Gasteiger partial charge in [0.2, 0.25) is 0 Å². The Kier molecular flexibility index (Phi) is 5.17. The summed E-state index contributed by atoms with van der Waals surface area (Å²) in [5, 5.41) is 3.92. The topological polar surface area (TPSA) is 90.1 Å². The Morgan fingerprint density at radius 1 is 1.18 bits per heavy atom. The molecule has 1 aliphatic rings. The summed E-state index contributed by atoms with van der Waals surface area (Å²) in [4.78, 5) is 23.4. The third-order valence-corrected chi connectivity index (χ3v) is 6.36. The normalized spacial score (nSPS) is 14.9. The number of aryl methyl sites for hydroxylation is 1. The van der Waals surface area contributed by atoms with E-state index in [0.29, 0.717) is 16.4 Å². The van der Waals surface area contributed by atoms with Gasteiger partial charge in [-0.2, -0.15) is 0 Å². The van der Waals surface area contributed by atoms with Crippen molar-refractivity contribution in [3.8, 4) is 17.1 Å². The largest absolute Gasteiger partial charge is 0.497 e. The molecule has 0 atom stereocenters. The summed E-state index contributed by atoms with van der Waals surface area (Å²) in [5.74, 6) is 1.30. The number of anilines is 1. The molecule has 28 heavy (non-hydrogen) atoms. The SMILES string of the molecule is COc1ccc(-c2nc(C)c3c(N)c(C(=O)NC4CCCCC4)sc3n2)cc1. The molecule has 0 aliphatic heterocycles. The minimum Gasteiger partial charge on any atom is -0.497 e. The van der Waals surface area contributed by atoms with Crippen molar-refractivity contribution < 1.29 is 9.53 Å². The highest BCUT2D eigenvalue weighted by Gasteiger charge is 2.23. The second kappa shape index (κ2) is 7.75. The van der Waals surface area contributed by atoms with Crippen LogP contribution in [0, 0.1) is 6.92 Å². The lowest BCUT2D eigenvalue weighted by Crippen LogP contribution is -2.36. The van der Waals surface area contributed by atoms with Crippen molar-refractivity contribution in [2.24, 2.45) is 0 Å². The highest BCUT2D eigenvalue weighted by atomic mass is 32.1. The maximum Gasteiger partial charge on any atom is 0.263 e. The number of carbonyl (C=O) groups is 1. The molecular weight excluding hydrogens is 372 g/mol. The number of fused-ring (bicyclic) bond motifs is 1. The van der Waals surface area contributed by atoms with Crippen molar-refractivity contribution in [1.29, 1.82) is 0 Å². The molecule has 6 nitrogen and oxygen atoms in total. The number of ether oxygens (including phenoxy) is 1. The summed E-state index contributed by atoms with van der Waals surface area (Å²) in [6.45, 7) is 1.91. The molecule has 1 amide bonds. The molecular formula is C21H24N4O2S. The molecule has 3 N–H and O–H groups in total. The Hall–Kier alpha value is -2.67. The molecule has 7 heteroatoms. The first-order valence-electron chi connectivity index (χ1n) is 9.58. The first-order valence-corrected chi connectivity index (χ1v) is 10.4. The number of rotatable bonds is 4.